The zero-order valence-corrected chi connectivity index (χ0v) is 3.57. The molecule has 0 bridgehead atoms. The van der Waals surface area contributed by atoms with Gasteiger partial charge < -0.3 is 5.11 Å². The molecule has 0 aliphatic heterocycles. The molecule has 1 atom stereocenters. The Morgan fingerprint density at radius 3 is 1.60 bits per heavy atom. The topological polar surface area (TPSA) is 54.4 Å². The summed E-state index contributed by atoms with van der Waals surface area (Å²) in [6.45, 7) is -0.250. The van der Waals surface area contributed by atoms with Crippen LogP contribution in [0.5, 0.6) is 0 Å². The van der Waals surface area contributed by atoms with Gasteiger partial charge in [-0.3, -0.25) is 4.79 Å². The van der Waals surface area contributed by atoms with E-state index in [1.165, 1.54) is 9.12 Å². The van der Waals surface area contributed by atoms with Gasteiger partial charge in [0.05, 0.1) is 0 Å². The second-order valence-electron chi connectivity index (χ2n) is 0.105. The van der Waals surface area contributed by atoms with E-state index in [0.717, 1.165) is 0 Å². The fraction of sp³-hybridized carbons (Fsp3) is 0. The van der Waals surface area contributed by atoms with Crippen molar-refractivity contribution >= 4 is 15.6 Å². The zero-order valence-electron chi connectivity index (χ0n) is 2.42. The molecule has 1 unspecified atom stereocenters. The van der Waals surface area contributed by atoms with E-state index in [1.807, 2.05) is 0 Å². The van der Waals surface area contributed by atoms with Gasteiger partial charge in [-0.15, -0.1) is 0 Å². The van der Waals surface area contributed by atoms with Crippen molar-refractivity contribution in [3.63, 3.8) is 0 Å². The molecule has 4 heteroatoms. The van der Waals surface area contributed by atoms with Crippen LogP contribution in [0, 0.1) is 0 Å². The molecule has 1 N–H and O–H groups in total. The highest BCUT2D eigenvalue weighted by Gasteiger charge is 1.22. The highest BCUT2D eigenvalue weighted by atomic mass is 31.0. The molecule has 30 valence electrons. The molecule has 0 fully saturated rings. The maximum atomic E-state index is 8.36. The molecule has 0 aromatic rings. The molecule has 0 aromatic heterocycles. The lowest BCUT2D eigenvalue weighted by molar-refractivity contribution is -0.122. The minimum atomic E-state index is -0.250. The van der Waals surface area contributed by atoms with E-state index < -0.39 is 0 Å². The molecule has 3 nitrogen and oxygen atoms in total. The molecule has 0 amide bonds. The van der Waals surface area contributed by atoms with Gasteiger partial charge in [-0.05, 0) is 0 Å². The van der Waals surface area contributed by atoms with Crippen molar-refractivity contribution in [1.82, 2.24) is 0 Å². The van der Waals surface area contributed by atoms with E-state index >= 15 is 0 Å². The maximum absolute atomic E-state index is 8.36. The van der Waals surface area contributed by atoms with Gasteiger partial charge in [-0.2, -0.15) is 0 Å². The van der Waals surface area contributed by atoms with Crippen molar-refractivity contribution in [1.29, 1.82) is 0 Å². The van der Waals surface area contributed by atoms with Gasteiger partial charge in [-0.25, -0.2) is 0 Å². The number of hydrogen-bond donors (Lipinski definition) is 1. The van der Waals surface area contributed by atoms with E-state index in [1.54, 1.807) is 0 Å². The van der Waals surface area contributed by atoms with Crippen molar-refractivity contribution in [2.75, 3.05) is 0 Å². The monoisotopic (exact) mass is 95.0 g/mol. The summed E-state index contributed by atoms with van der Waals surface area (Å²) < 4.78 is 8.17. The Kier molecular flexibility index (Phi) is 128. The fourth-order valence-corrected chi connectivity index (χ4v) is 0. The summed E-state index contributed by atoms with van der Waals surface area (Å²) in [4.78, 5) is 8.36. The minimum absolute atomic E-state index is 0.250. The lowest BCUT2D eigenvalue weighted by Crippen LogP contribution is -1.49. The summed E-state index contributed by atoms with van der Waals surface area (Å²) in [6.07, 6.45) is 0. The van der Waals surface area contributed by atoms with E-state index in [-0.39, 0.29) is 6.47 Å². The molecular weight excluding hydrogens is 91.0 g/mol. The molecule has 0 aliphatic rings. The molecule has 0 saturated heterocycles. The largest absolute Gasteiger partial charge is 0.483 e. The summed E-state index contributed by atoms with van der Waals surface area (Å²) in [5.74, 6) is 0. The molecule has 0 saturated carbocycles. The normalized spacial score (nSPS) is 3.20. The molecule has 5 heavy (non-hydrogen) atoms. The Morgan fingerprint density at radius 1 is 1.60 bits per heavy atom. The average molecular weight is 95.0 g/mol. The van der Waals surface area contributed by atoms with Crippen LogP contribution in [0.2, 0.25) is 0 Å². The third-order valence-electron chi connectivity index (χ3n) is 0. The molecule has 0 radical (unpaired) electrons. The standard InChI is InChI=1S/CH2O2.H2OP/c2-1-3;1-2/h1H,(H,2,3);2H2/q;+1. The van der Waals surface area contributed by atoms with Crippen molar-refractivity contribution in [2.45, 2.75) is 0 Å². The number of carboxylic acid groups (broad SMARTS) is 1. The first-order valence-corrected chi connectivity index (χ1v) is 1.20. The quantitative estimate of drug-likeness (QED) is 0.338. The van der Waals surface area contributed by atoms with Crippen LogP contribution >= 0.6 is 9.12 Å². The number of rotatable bonds is 0. The second-order valence-corrected chi connectivity index (χ2v) is 0.105. The minimum Gasteiger partial charge on any atom is -0.483 e. The Labute approximate surface area is 31.2 Å². The van der Waals surface area contributed by atoms with Gasteiger partial charge in [-0.1, -0.05) is 4.57 Å². The highest BCUT2D eigenvalue weighted by molar-refractivity contribution is 7.00. The van der Waals surface area contributed by atoms with Crippen LogP contribution in [-0.4, -0.2) is 11.6 Å². The second kappa shape index (κ2) is 72.6. The predicted molar refractivity (Wildman–Crippen MR) is 19.1 cm³/mol. The Balaban J connectivity index is 0. The summed E-state index contributed by atoms with van der Waals surface area (Å²) in [6, 6.07) is 0. The van der Waals surface area contributed by atoms with E-state index in [4.69, 9.17) is 14.5 Å². The average Bonchev–Trinajstić information content (AvgIpc) is 1.46. The van der Waals surface area contributed by atoms with E-state index in [9.17, 15) is 0 Å². The first-order valence-electron chi connectivity index (χ1n) is 0.730. The molecule has 0 heterocycles. The lowest BCUT2D eigenvalue weighted by atomic mass is 11.7. The van der Waals surface area contributed by atoms with E-state index in [0.29, 0.717) is 0 Å². The van der Waals surface area contributed by atoms with Crippen LogP contribution in [0.15, 0.2) is 0 Å². The molecule has 0 rings (SSSR count). The lowest BCUT2D eigenvalue weighted by Gasteiger charge is -1.34. The van der Waals surface area contributed by atoms with Crippen molar-refractivity contribution in [3.8, 4) is 0 Å². The fourth-order valence-electron chi connectivity index (χ4n) is 0. The van der Waals surface area contributed by atoms with Crippen LogP contribution in [-0.2, 0) is 9.36 Å². The summed E-state index contributed by atoms with van der Waals surface area (Å²) in [5.41, 5.74) is 0. The first kappa shape index (κ1) is 8.82. The Hall–Kier alpha value is -0.430. The van der Waals surface area contributed by atoms with Gasteiger partial charge >= 0.3 is 9.12 Å². The van der Waals surface area contributed by atoms with Gasteiger partial charge in [0.1, 0.15) is 0 Å². The van der Waals surface area contributed by atoms with Gasteiger partial charge in [0.15, 0.2) is 0 Å². The molecular formula is CH4O3P+. The van der Waals surface area contributed by atoms with Crippen LogP contribution in [0.25, 0.3) is 0 Å². The van der Waals surface area contributed by atoms with Crippen molar-refractivity contribution in [2.24, 2.45) is 0 Å². The van der Waals surface area contributed by atoms with Crippen LogP contribution < -0.4 is 0 Å². The summed E-state index contributed by atoms with van der Waals surface area (Å²) >= 11 is 0. The zero-order chi connectivity index (χ0) is 4.71. The van der Waals surface area contributed by atoms with E-state index in [2.05, 4.69) is 0 Å². The SMILES string of the molecule is O=CO.O=[PH2+]. The summed E-state index contributed by atoms with van der Waals surface area (Å²) in [5, 5.41) is 6.89. The Bertz CT molecular complexity index is 20.9. The first-order chi connectivity index (χ1) is 2.41. The molecule has 0 spiro atoms. The third kappa shape index (κ3) is 47.6. The summed E-state index contributed by atoms with van der Waals surface area (Å²) in [7, 11) is 1.17. The van der Waals surface area contributed by atoms with Crippen LogP contribution in [0.1, 0.15) is 0 Å². The van der Waals surface area contributed by atoms with Crippen molar-refractivity contribution in [3.05, 3.63) is 0 Å². The van der Waals surface area contributed by atoms with Gasteiger partial charge in [0, 0.05) is 0 Å². The molecule has 0 aliphatic carbocycles. The third-order valence-corrected chi connectivity index (χ3v) is 0. The van der Waals surface area contributed by atoms with Crippen molar-refractivity contribution < 1.29 is 14.5 Å². The predicted octanol–water partition coefficient (Wildman–Crippen LogP) is -0.0922. The smallest absolute Gasteiger partial charge is 0.310 e. The maximum Gasteiger partial charge on any atom is 0.310 e. The van der Waals surface area contributed by atoms with Gasteiger partial charge in [0.2, 0.25) is 0 Å². The molecule has 0 aromatic carbocycles. The van der Waals surface area contributed by atoms with Crippen LogP contribution in [0.3, 0.4) is 0 Å². The van der Waals surface area contributed by atoms with Crippen LogP contribution in [0.4, 0.5) is 0 Å². The number of carbonyl (C=O) groups is 1. The number of hydrogen-bond acceptors (Lipinski definition) is 2. The highest BCUT2D eigenvalue weighted by Crippen LogP contribution is 1.23. The Morgan fingerprint density at radius 2 is 1.60 bits per heavy atom. The van der Waals surface area contributed by atoms with Gasteiger partial charge in [0.25, 0.3) is 6.47 Å².